The van der Waals surface area contributed by atoms with Gasteiger partial charge in [0.1, 0.15) is 0 Å². The molecule has 7 heteroatoms. The van der Waals surface area contributed by atoms with Gasteiger partial charge in [-0.2, -0.15) is 0 Å². The number of aliphatic hydroxyl groups is 1. The molecule has 0 aliphatic carbocycles. The Bertz CT molecular complexity index is 32.9. The highest BCUT2D eigenvalue weighted by molar-refractivity contribution is 6.63. The third kappa shape index (κ3) is 178. The van der Waals surface area contributed by atoms with Crippen molar-refractivity contribution >= 4 is 58.0 Å². The zero-order valence-corrected chi connectivity index (χ0v) is 9.61. The molecule has 0 aliphatic rings. The first-order chi connectivity index (χ1) is 4.65. The van der Waals surface area contributed by atoms with Crippen LogP contribution in [0.1, 0.15) is 0 Å². The smallest absolute Gasteiger partial charge is 0.180 e. The summed E-state index contributed by atoms with van der Waals surface area (Å²) < 4.78 is -0.750. The van der Waals surface area contributed by atoms with E-state index in [-0.39, 0.29) is 5.48 Å². The van der Waals surface area contributed by atoms with Gasteiger partial charge < -0.3 is 10.6 Å². The van der Waals surface area contributed by atoms with Gasteiger partial charge in [0.25, 0.3) is 0 Å². The first-order valence-corrected chi connectivity index (χ1v) is 4.51. The molecule has 0 fully saturated rings. The van der Waals surface area contributed by atoms with Crippen molar-refractivity contribution in [1.29, 1.82) is 0 Å². The van der Waals surface area contributed by atoms with Crippen LogP contribution in [0, 0.1) is 0 Å². The van der Waals surface area contributed by atoms with E-state index < -0.39 is 4.30 Å². The molecule has 0 saturated carbocycles. The van der Waals surface area contributed by atoms with Crippen molar-refractivity contribution < 1.29 is 10.6 Å². The molecule has 2 nitrogen and oxygen atoms in total. The molecule has 0 atom stereocenters. The molecule has 0 aromatic carbocycles. The summed E-state index contributed by atoms with van der Waals surface area (Å²) >= 11 is 24.5. The molecule has 0 spiro atoms. The van der Waals surface area contributed by atoms with Gasteiger partial charge in [-0.3, -0.25) is 0 Å². The third-order valence-electron chi connectivity index (χ3n) is 0.0714. The molecule has 0 amide bonds. The van der Waals surface area contributed by atoms with Crippen molar-refractivity contribution in [2.75, 3.05) is 18.9 Å². The first kappa shape index (κ1) is 22.8. The molecular weight excluding hydrogens is 257 g/mol. The molecule has 3 N–H and O–H groups in total. The van der Waals surface area contributed by atoms with Crippen LogP contribution in [0.15, 0.2) is 0 Å². The average Bonchev–Trinajstić information content (AvgIpc) is 1.91. The Labute approximate surface area is 91.6 Å². The van der Waals surface area contributed by atoms with Crippen LogP contribution in [0.3, 0.4) is 0 Å². The van der Waals surface area contributed by atoms with Crippen molar-refractivity contribution in [2.24, 2.45) is 0 Å². The second-order valence-electron chi connectivity index (χ2n) is 0.625. The highest BCUT2D eigenvalue weighted by Crippen LogP contribution is 2.03. The number of hydrogen-bond donors (Lipinski definition) is 1. The third-order valence-corrected chi connectivity index (χ3v) is 0.643. The summed E-state index contributed by atoms with van der Waals surface area (Å²) in [5, 5.41) is 7.00. The van der Waals surface area contributed by atoms with Crippen LogP contribution in [0.4, 0.5) is 0 Å². The van der Waals surface area contributed by atoms with Crippen LogP contribution in [0.5, 0.6) is 0 Å². The van der Waals surface area contributed by atoms with E-state index >= 15 is 0 Å². The van der Waals surface area contributed by atoms with Crippen molar-refractivity contribution in [3.05, 3.63) is 0 Å². The van der Waals surface area contributed by atoms with Gasteiger partial charge in [0.05, 0.1) is 0 Å². The molecule has 0 bridgehead atoms. The quantitative estimate of drug-likeness (QED) is 0.728. The number of aliphatic hydroxyl groups excluding tert-OH is 1. The maximum atomic E-state index is 7.00. The minimum atomic E-state index is -0.750. The fraction of sp³-hybridized carbons (Fsp3) is 1.00. The average molecular weight is 268 g/mol. The second-order valence-corrected chi connectivity index (χ2v) is 3.36. The van der Waals surface area contributed by atoms with Gasteiger partial charge in [0, 0.05) is 18.9 Å². The van der Waals surface area contributed by atoms with Crippen LogP contribution in [0.25, 0.3) is 0 Å². The number of halogens is 5. The minimum absolute atomic E-state index is 0. The predicted molar refractivity (Wildman–Crippen MR) is 54.5 cm³/mol. The van der Waals surface area contributed by atoms with Gasteiger partial charge in [0.15, 0.2) is 4.30 Å². The lowest BCUT2D eigenvalue weighted by atomic mass is 11.0. The maximum absolute atomic E-state index is 7.00. The Hall–Kier alpha value is 1.37. The topological polar surface area (TPSA) is 51.7 Å². The molecule has 0 aromatic rings. The molecule has 11 heavy (non-hydrogen) atoms. The zero-order chi connectivity index (χ0) is 8.99. The van der Waals surface area contributed by atoms with E-state index in [0.29, 0.717) is 11.8 Å². The van der Waals surface area contributed by atoms with Crippen molar-refractivity contribution in [1.82, 2.24) is 0 Å². The monoisotopic (exact) mass is 266 g/mol. The van der Waals surface area contributed by atoms with E-state index in [9.17, 15) is 0 Å². The Morgan fingerprint density at radius 2 is 1.09 bits per heavy atom. The normalized spacial score (nSPS) is 6.55. The fourth-order valence-corrected chi connectivity index (χ4v) is 0. The summed E-state index contributed by atoms with van der Waals surface area (Å²) in [4.78, 5) is 0. The fourth-order valence-electron chi connectivity index (χ4n) is 0. The second kappa shape index (κ2) is 30.1. The van der Waals surface area contributed by atoms with E-state index in [0.717, 1.165) is 7.11 Å². The van der Waals surface area contributed by atoms with Gasteiger partial charge in [0.2, 0.25) is 0 Å². The minimum Gasteiger partial charge on any atom is -0.412 e. The summed E-state index contributed by atoms with van der Waals surface area (Å²) in [5.41, 5.74) is 0. The van der Waals surface area contributed by atoms with Crippen molar-refractivity contribution in [3.8, 4) is 0 Å². The van der Waals surface area contributed by atoms with Crippen molar-refractivity contribution in [3.63, 3.8) is 0 Å². The lowest BCUT2D eigenvalue weighted by molar-refractivity contribution is 0.399. The van der Waals surface area contributed by atoms with Crippen LogP contribution in [0.2, 0.25) is 0 Å². The Kier molecular flexibility index (Phi) is 62.5. The van der Waals surface area contributed by atoms with E-state index in [2.05, 4.69) is 0 Å². The van der Waals surface area contributed by atoms with Gasteiger partial charge in [-0.15, -0.1) is 23.2 Å². The molecule has 0 heterocycles. The molecular formula is C4H11Cl5O2. The number of rotatable bonds is 1. The lowest BCUT2D eigenvalue weighted by Crippen LogP contribution is -1.63. The molecule has 74 valence electrons. The Balaban J connectivity index is -0.0000000339. The molecule has 0 radical (unpaired) electrons. The zero-order valence-electron chi connectivity index (χ0n) is 5.83. The molecule has 0 unspecified atom stereocenters. The molecule has 0 saturated heterocycles. The number of hydrogen-bond acceptors (Lipinski definition) is 1. The molecule has 0 rings (SSSR count). The van der Waals surface area contributed by atoms with Gasteiger partial charge in [-0.05, 0) is 0 Å². The van der Waals surface area contributed by atoms with Crippen molar-refractivity contribution in [2.45, 2.75) is 4.30 Å². The van der Waals surface area contributed by atoms with Gasteiger partial charge >= 0.3 is 0 Å². The summed E-state index contributed by atoms with van der Waals surface area (Å²) in [5.74, 6) is 1.11. The molecule has 0 aromatic heterocycles. The predicted octanol–water partition coefficient (Wildman–Crippen LogP) is 2.23. The summed E-state index contributed by atoms with van der Waals surface area (Å²) in [6.45, 7) is 0. The SMILES string of the molecule is CO.ClC(Cl)Cl.ClCCCl.O. The van der Waals surface area contributed by atoms with E-state index in [1.165, 1.54) is 0 Å². The number of alkyl halides is 5. The molecule has 0 aliphatic heterocycles. The van der Waals surface area contributed by atoms with E-state index in [4.69, 9.17) is 63.1 Å². The van der Waals surface area contributed by atoms with E-state index in [1.54, 1.807) is 0 Å². The largest absolute Gasteiger partial charge is 0.412 e. The standard InChI is InChI=1S/C2H4Cl2.CHCl3.CH4O.H2O/c3-1-2-4;2-1(3)4;1-2;/h1-2H2;1H;2H,1H3;1H2. The first-order valence-electron chi connectivity index (χ1n) is 2.14. The van der Waals surface area contributed by atoms with E-state index in [1.807, 2.05) is 0 Å². The summed E-state index contributed by atoms with van der Waals surface area (Å²) in [7, 11) is 1.00. The van der Waals surface area contributed by atoms with Crippen LogP contribution in [-0.2, 0) is 0 Å². The Morgan fingerprint density at radius 1 is 1.00 bits per heavy atom. The summed E-state index contributed by atoms with van der Waals surface area (Å²) in [6.07, 6.45) is 0. The van der Waals surface area contributed by atoms with Crippen LogP contribution >= 0.6 is 58.0 Å². The lowest BCUT2D eigenvalue weighted by Gasteiger charge is -1.69. The van der Waals surface area contributed by atoms with Gasteiger partial charge in [-0.25, -0.2) is 0 Å². The highest BCUT2D eigenvalue weighted by atomic mass is 35.6. The van der Waals surface area contributed by atoms with Crippen LogP contribution in [-0.4, -0.2) is 33.7 Å². The summed E-state index contributed by atoms with van der Waals surface area (Å²) in [6, 6.07) is 0. The van der Waals surface area contributed by atoms with Gasteiger partial charge in [-0.1, -0.05) is 34.8 Å². The van der Waals surface area contributed by atoms with Crippen LogP contribution < -0.4 is 0 Å². The Morgan fingerprint density at radius 3 is 1.09 bits per heavy atom. The maximum Gasteiger partial charge on any atom is 0.180 e. The highest BCUT2D eigenvalue weighted by Gasteiger charge is 1.78.